The standard InChI is InChI=1S/C12H20N6O2.HI/c1-19-11-7-20-6-10(11)18-5-9(16-17-18)4-14-12(13)15-8-2-3-8;/h5,8,10-11H,2-4,6-7H2,1H3,(H3,13,14,15);1H/t10-,11-;/m1./s1. The molecule has 2 fully saturated rings. The van der Waals surface area contributed by atoms with Crippen molar-refractivity contribution in [2.24, 2.45) is 10.7 Å². The summed E-state index contributed by atoms with van der Waals surface area (Å²) in [4.78, 5) is 4.26. The Morgan fingerprint density at radius 2 is 2.38 bits per heavy atom. The topological polar surface area (TPSA) is 99.6 Å². The minimum Gasteiger partial charge on any atom is -0.377 e. The third kappa shape index (κ3) is 4.27. The van der Waals surface area contributed by atoms with Crippen molar-refractivity contribution in [3.8, 4) is 0 Å². The Bertz CT molecular complexity index is 490. The zero-order valence-electron chi connectivity index (χ0n) is 11.9. The fourth-order valence-corrected chi connectivity index (χ4v) is 2.19. The molecule has 118 valence electrons. The molecule has 0 aromatic carbocycles. The molecule has 2 atom stereocenters. The molecule has 0 bridgehead atoms. The molecule has 0 unspecified atom stereocenters. The molecule has 0 radical (unpaired) electrons. The van der Waals surface area contributed by atoms with Gasteiger partial charge in [0.05, 0.1) is 26.0 Å². The van der Waals surface area contributed by atoms with Crippen molar-refractivity contribution in [1.82, 2.24) is 20.3 Å². The van der Waals surface area contributed by atoms with Crippen LogP contribution < -0.4 is 11.1 Å². The fraction of sp³-hybridized carbons (Fsp3) is 0.750. The van der Waals surface area contributed by atoms with Crippen molar-refractivity contribution in [2.45, 2.75) is 37.6 Å². The van der Waals surface area contributed by atoms with Crippen LogP contribution in [0.5, 0.6) is 0 Å². The normalized spacial score (nSPS) is 25.7. The first-order chi connectivity index (χ1) is 9.76. The predicted molar refractivity (Wildman–Crippen MR) is 87.6 cm³/mol. The SMILES string of the molecule is CO[C@@H]1COC[C@H]1n1cc(CN=C(N)NC2CC2)nn1.I. The number of rotatable bonds is 5. The van der Waals surface area contributed by atoms with E-state index in [1.807, 2.05) is 6.20 Å². The Hall–Kier alpha value is -0.940. The van der Waals surface area contributed by atoms with Crippen molar-refractivity contribution in [2.75, 3.05) is 20.3 Å². The summed E-state index contributed by atoms with van der Waals surface area (Å²) in [6.07, 6.45) is 4.24. The Morgan fingerprint density at radius 3 is 3.10 bits per heavy atom. The second-order valence-electron chi connectivity index (χ2n) is 5.19. The summed E-state index contributed by atoms with van der Waals surface area (Å²) in [5.41, 5.74) is 6.56. The van der Waals surface area contributed by atoms with Crippen molar-refractivity contribution < 1.29 is 9.47 Å². The molecule has 3 N–H and O–H groups in total. The number of methoxy groups -OCH3 is 1. The van der Waals surface area contributed by atoms with Crippen molar-refractivity contribution in [3.05, 3.63) is 11.9 Å². The van der Waals surface area contributed by atoms with Crippen LogP contribution in [-0.2, 0) is 16.0 Å². The molecule has 3 rings (SSSR count). The molecule has 1 saturated heterocycles. The lowest BCUT2D eigenvalue weighted by Crippen LogP contribution is -2.33. The van der Waals surface area contributed by atoms with Crippen LogP contribution in [0, 0.1) is 0 Å². The highest BCUT2D eigenvalue weighted by Crippen LogP contribution is 2.21. The molecule has 0 spiro atoms. The number of nitrogens with one attached hydrogen (secondary N) is 1. The maximum absolute atomic E-state index is 5.78. The molecular weight excluding hydrogens is 387 g/mol. The zero-order chi connectivity index (χ0) is 13.9. The first-order valence-electron chi connectivity index (χ1n) is 6.84. The minimum absolute atomic E-state index is 0. The van der Waals surface area contributed by atoms with Crippen molar-refractivity contribution in [3.63, 3.8) is 0 Å². The Labute approximate surface area is 140 Å². The van der Waals surface area contributed by atoms with Gasteiger partial charge in [0.25, 0.3) is 0 Å². The summed E-state index contributed by atoms with van der Waals surface area (Å²) in [6, 6.07) is 0.583. The highest BCUT2D eigenvalue weighted by Gasteiger charge is 2.30. The number of aliphatic imine (C=N–C) groups is 1. The molecule has 21 heavy (non-hydrogen) atoms. The lowest BCUT2D eigenvalue weighted by molar-refractivity contribution is 0.0661. The number of ether oxygens (including phenoxy) is 2. The molecule has 0 amide bonds. The maximum atomic E-state index is 5.78. The third-order valence-electron chi connectivity index (χ3n) is 3.54. The molecule has 1 saturated carbocycles. The number of halogens is 1. The van der Waals surface area contributed by atoms with Crippen LogP contribution in [0.1, 0.15) is 24.6 Å². The van der Waals surface area contributed by atoms with E-state index in [0.717, 1.165) is 5.69 Å². The number of hydrogen-bond acceptors (Lipinski definition) is 5. The van der Waals surface area contributed by atoms with E-state index in [4.69, 9.17) is 15.2 Å². The molecule has 2 aliphatic rings. The number of nitrogens with two attached hydrogens (primary N) is 1. The average molecular weight is 408 g/mol. The molecule has 1 aromatic rings. The number of guanidine groups is 1. The Kier molecular flexibility index (Phi) is 5.76. The van der Waals surface area contributed by atoms with Gasteiger partial charge < -0.3 is 20.5 Å². The summed E-state index contributed by atoms with van der Waals surface area (Å²) < 4.78 is 12.6. The lowest BCUT2D eigenvalue weighted by atomic mass is 10.2. The summed E-state index contributed by atoms with van der Waals surface area (Å²) in [5, 5.41) is 11.4. The summed E-state index contributed by atoms with van der Waals surface area (Å²) in [7, 11) is 1.68. The monoisotopic (exact) mass is 408 g/mol. The lowest BCUT2D eigenvalue weighted by Gasteiger charge is -2.15. The largest absolute Gasteiger partial charge is 0.377 e. The molecule has 1 aromatic heterocycles. The summed E-state index contributed by atoms with van der Waals surface area (Å²) in [6.45, 7) is 1.61. The number of nitrogens with zero attached hydrogens (tertiary/aromatic N) is 4. The van der Waals surface area contributed by atoms with Gasteiger partial charge in [0.1, 0.15) is 17.8 Å². The molecule has 8 nitrogen and oxygen atoms in total. The molecule has 1 aliphatic heterocycles. The zero-order valence-corrected chi connectivity index (χ0v) is 14.3. The number of hydrogen-bond donors (Lipinski definition) is 2. The van der Waals surface area contributed by atoms with Gasteiger partial charge in [-0.05, 0) is 12.8 Å². The smallest absolute Gasteiger partial charge is 0.189 e. The highest BCUT2D eigenvalue weighted by molar-refractivity contribution is 14.0. The van der Waals surface area contributed by atoms with E-state index in [-0.39, 0.29) is 36.1 Å². The summed E-state index contributed by atoms with van der Waals surface area (Å²) in [5.74, 6) is 0.473. The Balaban J connectivity index is 0.00000161. The predicted octanol–water partition coefficient (Wildman–Crippen LogP) is 0.0491. The van der Waals surface area contributed by atoms with Gasteiger partial charge in [0, 0.05) is 13.2 Å². The van der Waals surface area contributed by atoms with Crippen LogP contribution in [-0.4, -0.2) is 53.4 Å². The van der Waals surface area contributed by atoms with Gasteiger partial charge in [-0.25, -0.2) is 9.67 Å². The van der Waals surface area contributed by atoms with Crippen molar-refractivity contribution >= 4 is 29.9 Å². The third-order valence-corrected chi connectivity index (χ3v) is 3.54. The van der Waals surface area contributed by atoms with Gasteiger partial charge in [-0.1, -0.05) is 5.21 Å². The van der Waals surface area contributed by atoms with Crippen LogP contribution in [0.4, 0.5) is 0 Å². The van der Waals surface area contributed by atoms with Crippen molar-refractivity contribution in [1.29, 1.82) is 0 Å². The minimum atomic E-state index is 0. The van der Waals surface area contributed by atoms with E-state index in [9.17, 15) is 0 Å². The van der Waals surface area contributed by atoms with Gasteiger partial charge in [-0.15, -0.1) is 29.1 Å². The van der Waals surface area contributed by atoms with E-state index in [2.05, 4.69) is 20.6 Å². The van der Waals surface area contributed by atoms with E-state index in [1.54, 1.807) is 11.8 Å². The van der Waals surface area contributed by atoms with Crippen LogP contribution in [0.15, 0.2) is 11.2 Å². The van der Waals surface area contributed by atoms with Gasteiger partial charge in [-0.3, -0.25) is 0 Å². The first kappa shape index (κ1) is 16.4. The van der Waals surface area contributed by atoms with E-state index in [1.165, 1.54) is 12.8 Å². The quantitative estimate of drug-likeness (QED) is 0.406. The van der Waals surface area contributed by atoms with Gasteiger partial charge >= 0.3 is 0 Å². The first-order valence-corrected chi connectivity index (χ1v) is 6.84. The van der Waals surface area contributed by atoms with Crippen LogP contribution in [0.3, 0.4) is 0 Å². The van der Waals surface area contributed by atoms with Gasteiger partial charge in [0.15, 0.2) is 5.96 Å². The second-order valence-corrected chi connectivity index (χ2v) is 5.19. The highest BCUT2D eigenvalue weighted by atomic mass is 127. The fourth-order valence-electron chi connectivity index (χ4n) is 2.19. The summed E-state index contributed by atoms with van der Waals surface area (Å²) >= 11 is 0. The van der Waals surface area contributed by atoms with Crippen LogP contribution in [0.25, 0.3) is 0 Å². The Morgan fingerprint density at radius 1 is 1.57 bits per heavy atom. The van der Waals surface area contributed by atoms with Crippen LogP contribution in [0.2, 0.25) is 0 Å². The van der Waals surface area contributed by atoms with Gasteiger partial charge in [-0.2, -0.15) is 0 Å². The van der Waals surface area contributed by atoms with Crippen LogP contribution >= 0.6 is 24.0 Å². The van der Waals surface area contributed by atoms with E-state index < -0.39 is 0 Å². The molecule has 9 heteroatoms. The van der Waals surface area contributed by atoms with E-state index in [0.29, 0.717) is 31.8 Å². The second kappa shape index (κ2) is 7.36. The van der Waals surface area contributed by atoms with Gasteiger partial charge in [0.2, 0.25) is 0 Å². The number of aromatic nitrogens is 3. The molecule has 2 heterocycles. The maximum Gasteiger partial charge on any atom is 0.189 e. The van der Waals surface area contributed by atoms with E-state index >= 15 is 0 Å². The molecule has 1 aliphatic carbocycles. The average Bonchev–Trinajstić information content (AvgIpc) is 2.96. The molecular formula is C12H21IN6O2.